The van der Waals surface area contributed by atoms with E-state index in [1.165, 1.54) is 6.42 Å². The number of nitrogens with one attached hydrogen (secondary N) is 2. The molecule has 0 bridgehead atoms. The van der Waals surface area contributed by atoms with Crippen molar-refractivity contribution in [3.8, 4) is 5.75 Å². The van der Waals surface area contributed by atoms with Crippen molar-refractivity contribution >= 4 is 11.8 Å². The second kappa shape index (κ2) is 11.1. The minimum atomic E-state index is -1.19. The molecule has 2 unspecified atom stereocenters. The first-order valence-electron chi connectivity index (χ1n) is 13.1. The van der Waals surface area contributed by atoms with Crippen LogP contribution in [0.3, 0.4) is 0 Å². The Kier molecular flexibility index (Phi) is 8.17. The number of carbonyl (C=O) groups excluding carboxylic acids is 2. The lowest BCUT2D eigenvalue weighted by Gasteiger charge is -2.46. The Labute approximate surface area is 208 Å². The van der Waals surface area contributed by atoms with Gasteiger partial charge in [0.1, 0.15) is 11.8 Å². The number of benzene rings is 1. The van der Waals surface area contributed by atoms with E-state index in [1.807, 2.05) is 6.92 Å². The van der Waals surface area contributed by atoms with Crippen molar-refractivity contribution in [3.63, 3.8) is 0 Å². The molecule has 4 rings (SSSR count). The minimum Gasteiger partial charge on any atom is -0.821 e. The number of ether oxygens (including phenoxy) is 2. The van der Waals surface area contributed by atoms with E-state index in [0.29, 0.717) is 47.6 Å². The van der Waals surface area contributed by atoms with Gasteiger partial charge in [0.15, 0.2) is 0 Å². The highest BCUT2D eigenvalue weighted by Gasteiger charge is 2.41. The van der Waals surface area contributed by atoms with Crippen LogP contribution >= 0.6 is 0 Å². The molecule has 1 aromatic carbocycles. The maximum atomic E-state index is 13.2. The third-order valence-corrected chi connectivity index (χ3v) is 8.40. The van der Waals surface area contributed by atoms with Gasteiger partial charge in [0.2, 0.25) is 5.91 Å². The first-order valence-corrected chi connectivity index (χ1v) is 13.1. The van der Waals surface area contributed by atoms with Crippen LogP contribution in [0.1, 0.15) is 69.7 Å². The van der Waals surface area contributed by atoms with Gasteiger partial charge in [-0.15, -0.1) is 0 Å². The maximum absolute atomic E-state index is 13.2. The standard InChI is InChI=1S/C28H39N2O5/c1-16-5-12-23(24-15-34-18(3)7-13-22(16)24)19(4)28(33)35-21-10-8-20(9-11-21)26(31)30-25-14-6-17(2)29-27(25)32/h8-11,16,18-19,22-25,28H,2,5-7,12-15H2,1,3-4H3,(H,29,32)(H,30,31)/q-1/t16-,18?,19-,22+,23+,24?,25+,28-/m1/s1. The average Bonchev–Trinajstić information content (AvgIpc) is 3.03. The predicted octanol–water partition coefficient (Wildman–Crippen LogP) is 3.39. The number of rotatable bonds is 6. The fourth-order valence-electron chi connectivity index (χ4n) is 6.09. The third-order valence-electron chi connectivity index (χ3n) is 8.40. The summed E-state index contributed by atoms with van der Waals surface area (Å²) in [7, 11) is 0. The monoisotopic (exact) mass is 483 g/mol. The van der Waals surface area contributed by atoms with Crippen molar-refractivity contribution in [1.29, 1.82) is 0 Å². The molecule has 2 heterocycles. The van der Waals surface area contributed by atoms with Crippen molar-refractivity contribution in [2.24, 2.45) is 29.6 Å². The number of amides is 2. The molecule has 35 heavy (non-hydrogen) atoms. The summed E-state index contributed by atoms with van der Waals surface area (Å²) >= 11 is 0. The third kappa shape index (κ3) is 6.07. The molecule has 8 atom stereocenters. The van der Waals surface area contributed by atoms with Crippen LogP contribution in [0.25, 0.3) is 0 Å². The molecule has 0 aromatic heterocycles. The van der Waals surface area contributed by atoms with Crippen LogP contribution in [0.5, 0.6) is 5.75 Å². The first-order chi connectivity index (χ1) is 16.7. The van der Waals surface area contributed by atoms with Gasteiger partial charge < -0.3 is 25.2 Å². The summed E-state index contributed by atoms with van der Waals surface area (Å²) in [6, 6.07) is 5.98. The van der Waals surface area contributed by atoms with E-state index in [4.69, 9.17) is 9.47 Å². The molecule has 2 amide bonds. The Bertz CT molecular complexity index is 916. The lowest BCUT2D eigenvalue weighted by atomic mass is 9.62. The highest BCUT2D eigenvalue weighted by atomic mass is 16.6. The molecule has 7 nitrogen and oxygen atoms in total. The van der Waals surface area contributed by atoms with Crippen molar-refractivity contribution < 1.29 is 24.2 Å². The second-order valence-electron chi connectivity index (χ2n) is 10.8. The van der Waals surface area contributed by atoms with Gasteiger partial charge in [0.05, 0.1) is 12.7 Å². The molecule has 2 saturated heterocycles. The fourth-order valence-corrected chi connectivity index (χ4v) is 6.09. The van der Waals surface area contributed by atoms with Crippen LogP contribution < -0.4 is 20.5 Å². The van der Waals surface area contributed by atoms with Crippen molar-refractivity contribution in [2.75, 3.05) is 6.61 Å². The van der Waals surface area contributed by atoms with E-state index in [1.54, 1.807) is 24.3 Å². The van der Waals surface area contributed by atoms with E-state index in [0.717, 1.165) is 25.9 Å². The van der Waals surface area contributed by atoms with Crippen LogP contribution in [0.2, 0.25) is 0 Å². The summed E-state index contributed by atoms with van der Waals surface area (Å²) in [6.07, 6.45) is 4.70. The molecule has 7 heteroatoms. The zero-order valence-corrected chi connectivity index (χ0v) is 21.1. The number of fused-ring (bicyclic) bond motifs is 1. The Hall–Kier alpha value is -2.38. The highest BCUT2D eigenvalue weighted by Crippen LogP contribution is 2.46. The van der Waals surface area contributed by atoms with Gasteiger partial charge in [-0.2, -0.15) is 0 Å². The number of carbonyl (C=O) groups is 2. The average molecular weight is 484 g/mol. The van der Waals surface area contributed by atoms with E-state index < -0.39 is 12.3 Å². The minimum absolute atomic E-state index is 0.144. The maximum Gasteiger partial charge on any atom is 0.251 e. The van der Waals surface area contributed by atoms with Crippen LogP contribution in [0, 0.1) is 29.6 Å². The van der Waals surface area contributed by atoms with E-state index >= 15 is 0 Å². The van der Waals surface area contributed by atoms with Gasteiger partial charge in [-0.1, -0.05) is 26.8 Å². The van der Waals surface area contributed by atoms with Gasteiger partial charge >= 0.3 is 0 Å². The second-order valence-corrected chi connectivity index (χ2v) is 10.8. The Morgan fingerprint density at radius 2 is 1.89 bits per heavy atom. The summed E-state index contributed by atoms with van der Waals surface area (Å²) in [5.74, 6) is 1.69. The lowest BCUT2D eigenvalue weighted by Crippen LogP contribution is -2.49. The van der Waals surface area contributed by atoms with Gasteiger partial charge in [0.25, 0.3) is 5.91 Å². The summed E-state index contributed by atoms with van der Waals surface area (Å²) < 4.78 is 11.9. The smallest absolute Gasteiger partial charge is 0.251 e. The molecule has 1 aromatic rings. The lowest BCUT2D eigenvalue weighted by molar-refractivity contribution is -0.489. The molecule has 0 radical (unpaired) electrons. The van der Waals surface area contributed by atoms with Crippen molar-refractivity contribution in [2.45, 2.75) is 77.7 Å². The Balaban J connectivity index is 1.34. The largest absolute Gasteiger partial charge is 0.821 e. The van der Waals surface area contributed by atoms with E-state index in [2.05, 4.69) is 31.1 Å². The zero-order valence-electron chi connectivity index (χ0n) is 21.1. The summed E-state index contributed by atoms with van der Waals surface area (Å²) in [6.45, 7) is 11.0. The Morgan fingerprint density at radius 1 is 1.14 bits per heavy atom. The van der Waals surface area contributed by atoms with E-state index in [9.17, 15) is 14.7 Å². The van der Waals surface area contributed by atoms with Crippen LogP contribution in [-0.4, -0.2) is 36.9 Å². The van der Waals surface area contributed by atoms with Crippen molar-refractivity contribution in [1.82, 2.24) is 10.6 Å². The number of hydrogen-bond acceptors (Lipinski definition) is 5. The highest BCUT2D eigenvalue weighted by molar-refractivity contribution is 5.98. The molecule has 2 N–H and O–H groups in total. The molecule has 3 fully saturated rings. The normalized spacial score (nSPS) is 33.0. The van der Waals surface area contributed by atoms with Gasteiger partial charge in [-0.05, 0) is 92.9 Å². The number of hydrogen-bond donors (Lipinski definition) is 2. The zero-order chi connectivity index (χ0) is 25.1. The predicted molar refractivity (Wildman–Crippen MR) is 131 cm³/mol. The SMILES string of the molecule is C=C1CC[C@H](NC(=O)c2ccc(O[C@@H]([O-])[C@H](C)[C@@H]3CC[C@@H](C)[C@@H]4CCC(C)OCC34)cc2)C(=O)N1. The molecule has 1 saturated carbocycles. The van der Waals surface area contributed by atoms with Gasteiger partial charge in [-0.3, -0.25) is 9.59 Å². The molecular formula is C28H39N2O5-. The number of allylic oxidation sites excluding steroid dienone is 1. The Morgan fingerprint density at radius 3 is 2.60 bits per heavy atom. The number of piperidine rings is 1. The van der Waals surface area contributed by atoms with Gasteiger partial charge in [0, 0.05) is 17.6 Å². The van der Waals surface area contributed by atoms with Crippen LogP contribution in [0.15, 0.2) is 36.5 Å². The van der Waals surface area contributed by atoms with Gasteiger partial charge in [-0.25, -0.2) is 0 Å². The summed E-state index contributed by atoms with van der Waals surface area (Å²) in [5, 5.41) is 18.6. The first kappa shape index (κ1) is 25.7. The van der Waals surface area contributed by atoms with Crippen molar-refractivity contribution in [3.05, 3.63) is 42.1 Å². The van der Waals surface area contributed by atoms with E-state index in [-0.39, 0.29) is 29.8 Å². The molecule has 1 aliphatic carbocycles. The summed E-state index contributed by atoms with van der Waals surface area (Å²) in [5.41, 5.74) is 1.08. The molecule has 192 valence electrons. The molecule has 2 aliphatic heterocycles. The molecule has 0 spiro atoms. The fraction of sp³-hybridized carbons (Fsp3) is 0.643. The topological polar surface area (TPSA) is 99.7 Å². The quantitative estimate of drug-likeness (QED) is 0.604. The molecule has 3 aliphatic rings. The summed E-state index contributed by atoms with van der Waals surface area (Å²) in [4.78, 5) is 24.6. The molecular weight excluding hydrogens is 444 g/mol. The van der Waals surface area contributed by atoms with Crippen LogP contribution in [-0.2, 0) is 9.53 Å². The van der Waals surface area contributed by atoms with Crippen LogP contribution in [0.4, 0.5) is 0 Å².